The lowest BCUT2D eigenvalue weighted by molar-refractivity contribution is 0.289. The van der Waals surface area contributed by atoms with Crippen molar-refractivity contribution in [2.24, 2.45) is 11.8 Å². The molecule has 2 fully saturated rings. The SMILES string of the molecule is CC(C)(C)P1C[C@H]2CCCC[C@@H]2[C@@H]1P(C(C)(C)C)C(C)(C)C. The Bertz CT molecular complexity index is 366. The molecule has 4 atom stereocenters. The van der Waals surface area contributed by atoms with Crippen molar-refractivity contribution in [3.63, 3.8) is 0 Å². The summed E-state index contributed by atoms with van der Waals surface area (Å²) in [6.07, 6.45) is 7.66. The molecule has 1 saturated carbocycles. The van der Waals surface area contributed by atoms with Gasteiger partial charge in [-0.15, -0.1) is 0 Å². The minimum absolute atomic E-state index is 0.0377. The quantitative estimate of drug-likeness (QED) is 0.433. The van der Waals surface area contributed by atoms with Gasteiger partial charge in [-0.05, 0) is 46.3 Å². The molecule has 1 aliphatic carbocycles. The minimum Gasteiger partial charge on any atom is -0.0930 e. The van der Waals surface area contributed by atoms with Crippen molar-refractivity contribution in [2.75, 3.05) is 6.16 Å². The van der Waals surface area contributed by atoms with E-state index in [-0.39, 0.29) is 15.8 Å². The summed E-state index contributed by atoms with van der Waals surface area (Å²) in [6, 6.07) is 0. The predicted octanol–water partition coefficient (Wildman–Crippen LogP) is 7.49. The molecule has 1 heterocycles. The maximum Gasteiger partial charge on any atom is 0.00394 e. The van der Waals surface area contributed by atoms with E-state index in [0.717, 1.165) is 17.2 Å². The summed E-state index contributed by atoms with van der Waals surface area (Å²) in [4.78, 5) is 0. The molecule has 0 nitrogen and oxygen atoms in total. The molecule has 2 heteroatoms. The Kier molecular flexibility index (Phi) is 5.49. The van der Waals surface area contributed by atoms with Crippen LogP contribution in [0.3, 0.4) is 0 Å². The highest BCUT2D eigenvalue weighted by molar-refractivity contribution is 7.78. The van der Waals surface area contributed by atoms with E-state index in [2.05, 4.69) is 62.3 Å². The lowest BCUT2D eigenvalue weighted by Gasteiger charge is -2.51. The highest BCUT2D eigenvalue weighted by Crippen LogP contribution is 2.79. The van der Waals surface area contributed by atoms with Gasteiger partial charge in [-0.2, -0.15) is 0 Å². The van der Waals surface area contributed by atoms with Crippen molar-refractivity contribution < 1.29 is 0 Å². The molecule has 0 radical (unpaired) electrons. The third-order valence-corrected chi connectivity index (χ3v) is 14.6. The first-order chi connectivity index (χ1) is 9.83. The second kappa shape index (κ2) is 6.30. The molecule has 0 aromatic carbocycles. The van der Waals surface area contributed by atoms with E-state index in [0.29, 0.717) is 15.5 Å². The normalized spacial score (nSPS) is 34.1. The van der Waals surface area contributed by atoms with Crippen LogP contribution >= 0.6 is 15.8 Å². The van der Waals surface area contributed by atoms with Gasteiger partial charge in [-0.1, -0.05) is 91.0 Å². The number of hydrogen-bond acceptors (Lipinski definition) is 0. The van der Waals surface area contributed by atoms with Gasteiger partial charge in [0.05, 0.1) is 0 Å². The van der Waals surface area contributed by atoms with Gasteiger partial charge in [0.25, 0.3) is 0 Å². The standard InChI is InChI=1S/C20H40P2/c1-18(2,3)21-14-15-12-10-11-13-16(15)17(21)22(19(4,5)6)20(7,8)9/h15-17H,10-14H2,1-9H3/t15-,16+,17+,21?/m1/s1. The Morgan fingerprint density at radius 3 is 1.73 bits per heavy atom. The van der Waals surface area contributed by atoms with Gasteiger partial charge in [0.2, 0.25) is 0 Å². The van der Waals surface area contributed by atoms with Crippen LogP contribution in [-0.2, 0) is 0 Å². The first-order valence-corrected chi connectivity index (χ1v) is 12.4. The number of rotatable bonds is 1. The zero-order chi connectivity index (χ0) is 16.9. The summed E-state index contributed by atoms with van der Waals surface area (Å²) in [7, 11) is 0.199. The third kappa shape index (κ3) is 3.91. The van der Waals surface area contributed by atoms with Gasteiger partial charge in [0.1, 0.15) is 0 Å². The van der Waals surface area contributed by atoms with E-state index >= 15 is 0 Å². The molecule has 1 unspecified atom stereocenters. The predicted molar refractivity (Wildman–Crippen MR) is 107 cm³/mol. The summed E-state index contributed by atoms with van der Waals surface area (Å²) in [5.41, 5.74) is 0. The highest BCUT2D eigenvalue weighted by Gasteiger charge is 2.54. The molecule has 0 N–H and O–H groups in total. The topological polar surface area (TPSA) is 0 Å². The Morgan fingerprint density at radius 1 is 0.773 bits per heavy atom. The van der Waals surface area contributed by atoms with Gasteiger partial charge < -0.3 is 0 Å². The van der Waals surface area contributed by atoms with Crippen LogP contribution in [0.4, 0.5) is 0 Å². The zero-order valence-electron chi connectivity index (χ0n) is 16.7. The largest absolute Gasteiger partial charge is 0.0930 e. The molecule has 0 spiro atoms. The monoisotopic (exact) mass is 342 g/mol. The Labute approximate surface area is 143 Å². The molecule has 0 aromatic heterocycles. The fraction of sp³-hybridized carbons (Fsp3) is 1.00. The molecular weight excluding hydrogens is 302 g/mol. The van der Waals surface area contributed by atoms with Crippen LogP contribution in [0, 0.1) is 11.8 Å². The maximum absolute atomic E-state index is 2.54. The maximum atomic E-state index is 2.54. The summed E-state index contributed by atoms with van der Waals surface area (Å²) < 4.78 is 0. The van der Waals surface area contributed by atoms with Crippen LogP contribution in [-0.4, -0.2) is 27.0 Å². The Balaban J connectivity index is 2.45. The third-order valence-electron chi connectivity index (χ3n) is 5.67. The van der Waals surface area contributed by atoms with E-state index in [1.54, 1.807) is 6.16 Å². The smallest absolute Gasteiger partial charge is 0.00394 e. The van der Waals surface area contributed by atoms with Crippen LogP contribution in [0.25, 0.3) is 0 Å². The van der Waals surface area contributed by atoms with Gasteiger partial charge in [-0.3, -0.25) is 0 Å². The van der Waals surface area contributed by atoms with Gasteiger partial charge in [0, 0.05) is 5.40 Å². The Morgan fingerprint density at radius 2 is 1.27 bits per heavy atom. The molecule has 0 bridgehead atoms. The van der Waals surface area contributed by atoms with E-state index in [1.807, 2.05) is 0 Å². The summed E-state index contributed by atoms with van der Waals surface area (Å²) in [5.74, 6) is 2.13. The van der Waals surface area contributed by atoms with Crippen LogP contribution in [0.15, 0.2) is 0 Å². The van der Waals surface area contributed by atoms with E-state index in [1.165, 1.54) is 25.7 Å². The average molecular weight is 342 g/mol. The second-order valence-corrected chi connectivity index (χ2v) is 18.2. The molecule has 2 rings (SSSR count). The lowest BCUT2D eigenvalue weighted by atomic mass is 9.82. The summed E-state index contributed by atoms with van der Waals surface area (Å²) in [6.45, 7) is 22.9. The van der Waals surface area contributed by atoms with Crippen LogP contribution in [0.2, 0.25) is 0 Å². The van der Waals surface area contributed by atoms with Crippen LogP contribution in [0.5, 0.6) is 0 Å². The van der Waals surface area contributed by atoms with Crippen LogP contribution < -0.4 is 0 Å². The van der Waals surface area contributed by atoms with E-state index in [4.69, 9.17) is 0 Å². The molecular formula is C20H40P2. The first-order valence-electron chi connectivity index (χ1n) is 9.39. The summed E-state index contributed by atoms with van der Waals surface area (Å²) >= 11 is 0. The zero-order valence-corrected chi connectivity index (χ0v) is 18.5. The molecule has 22 heavy (non-hydrogen) atoms. The molecule has 1 aliphatic heterocycles. The highest BCUT2D eigenvalue weighted by atomic mass is 31.2. The van der Waals surface area contributed by atoms with Crippen LogP contribution in [0.1, 0.15) is 88.0 Å². The second-order valence-electron chi connectivity index (χ2n) is 10.7. The van der Waals surface area contributed by atoms with E-state index < -0.39 is 0 Å². The van der Waals surface area contributed by atoms with Crippen molar-refractivity contribution in [1.29, 1.82) is 0 Å². The molecule has 1 saturated heterocycles. The van der Waals surface area contributed by atoms with Gasteiger partial charge in [0.15, 0.2) is 0 Å². The molecule has 0 aromatic rings. The van der Waals surface area contributed by atoms with Crippen molar-refractivity contribution in [2.45, 2.75) is 109 Å². The summed E-state index contributed by atoms with van der Waals surface area (Å²) in [5, 5.41) is 2.55. The fourth-order valence-corrected chi connectivity index (χ4v) is 17.5. The number of fused-ring (bicyclic) bond motifs is 1. The van der Waals surface area contributed by atoms with Crippen molar-refractivity contribution in [1.82, 2.24) is 0 Å². The lowest BCUT2D eigenvalue weighted by Crippen LogP contribution is -2.35. The molecule has 130 valence electrons. The van der Waals surface area contributed by atoms with Crippen molar-refractivity contribution >= 4 is 15.8 Å². The molecule has 0 amide bonds. The Hall–Kier alpha value is 0.860. The van der Waals surface area contributed by atoms with Crippen molar-refractivity contribution in [3.8, 4) is 0 Å². The minimum atomic E-state index is 0.0377. The average Bonchev–Trinajstić information content (AvgIpc) is 2.65. The number of hydrogen-bond donors (Lipinski definition) is 0. The molecule has 2 aliphatic rings. The fourth-order valence-electron chi connectivity index (χ4n) is 5.25. The first kappa shape index (κ1) is 19.2. The van der Waals surface area contributed by atoms with Gasteiger partial charge >= 0.3 is 0 Å². The van der Waals surface area contributed by atoms with E-state index in [9.17, 15) is 0 Å². The van der Waals surface area contributed by atoms with Gasteiger partial charge in [-0.25, -0.2) is 0 Å². The van der Waals surface area contributed by atoms with Crippen molar-refractivity contribution in [3.05, 3.63) is 0 Å².